The number of hydrogen-bond acceptors (Lipinski definition) is 3. The average Bonchev–Trinajstić information content (AvgIpc) is 2.92. The van der Waals surface area contributed by atoms with Gasteiger partial charge < -0.3 is 10.6 Å². The van der Waals surface area contributed by atoms with Gasteiger partial charge in [0.15, 0.2) is 0 Å². The van der Waals surface area contributed by atoms with Crippen LogP contribution in [-0.4, -0.2) is 28.2 Å². The molecule has 0 bridgehead atoms. The van der Waals surface area contributed by atoms with Crippen LogP contribution < -0.4 is 10.6 Å². The fourth-order valence-electron chi connectivity index (χ4n) is 2.56. The maximum atomic E-state index is 12.6. The lowest BCUT2D eigenvalue weighted by molar-refractivity contribution is -0.119. The molecule has 0 aliphatic rings. The van der Waals surface area contributed by atoms with E-state index in [0.717, 1.165) is 11.2 Å². The fourth-order valence-corrected chi connectivity index (χ4v) is 2.56. The Labute approximate surface area is 139 Å². The summed E-state index contributed by atoms with van der Waals surface area (Å²) in [5.41, 5.74) is 3.49. The van der Waals surface area contributed by atoms with Crippen LogP contribution in [0.1, 0.15) is 21.7 Å². The number of hydrogen-bond donors (Lipinski definition) is 2. The van der Waals surface area contributed by atoms with Crippen molar-refractivity contribution in [2.45, 2.75) is 13.3 Å². The van der Waals surface area contributed by atoms with Gasteiger partial charge in [-0.1, -0.05) is 18.2 Å². The van der Waals surface area contributed by atoms with Gasteiger partial charge in [0, 0.05) is 18.9 Å². The number of pyridine rings is 1. The van der Waals surface area contributed by atoms with Gasteiger partial charge in [-0.15, -0.1) is 0 Å². The molecule has 3 aromatic rings. The van der Waals surface area contributed by atoms with Crippen molar-refractivity contribution in [3.05, 3.63) is 65.6 Å². The van der Waals surface area contributed by atoms with Gasteiger partial charge in [0.1, 0.15) is 11.3 Å². The van der Waals surface area contributed by atoms with Crippen LogP contribution in [0.15, 0.2) is 48.7 Å². The second-order valence-electron chi connectivity index (χ2n) is 5.48. The molecule has 0 fully saturated rings. The van der Waals surface area contributed by atoms with Crippen molar-refractivity contribution >= 4 is 23.1 Å². The molecule has 2 aromatic heterocycles. The number of carbonyl (C=O) groups is 2. The normalized spacial score (nSPS) is 10.6. The quantitative estimate of drug-likeness (QED) is 0.773. The maximum absolute atomic E-state index is 12.6. The maximum Gasteiger partial charge on any atom is 0.274 e. The summed E-state index contributed by atoms with van der Waals surface area (Å²) in [4.78, 5) is 28.3. The Morgan fingerprint density at radius 3 is 2.58 bits per heavy atom. The third kappa shape index (κ3) is 3.12. The van der Waals surface area contributed by atoms with Gasteiger partial charge in [-0.2, -0.15) is 0 Å². The number of imidazole rings is 1. The SMILES string of the molecule is CNC(=O)Cc1ccc(NC(=O)c2c(C)nc3ccccn23)cc1. The van der Waals surface area contributed by atoms with Gasteiger partial charge in [-0.25, -0.2) is 4.98 Å². The standard InChI is InChI=1S/C18H18N4O2/c1-12-17(22-10-4-3-5-15(22)20-12)18(24)21-14-8-6-13(7-9-14)11-16(23)19-2/h3-10H,11H2,1-2H3,(H,19,23)(H,21,24). The van der Waals surface area contributed by atoms with E-state index < -0.39 is 0 Å². The van der Waals surface area contributed by atoms with Crippen LogP contribution in [0.5, 0.6) is 0 Å². The van der Waals surface area contributed by atoms with E-state index in [1.165, 1.54) is 0 Å². The summed E-state index contributed by atoms with van der Waals surface area (Å²) in [7, 11) is 1.61. The molecule has 24 heavy (non-hydrogen) atoms. The molecule has 0 atom stereocenters. The Balaban J connectivity index is 1.79. The molecule has 0 spiro atoms. The molecular weight excluding hydrogens is 304 g/mol. The summed E-state index contributed by atoms with van der Waals surface area (Å²) < 4.78 is 1.77. The highest BCUT2D eigenvalue weighted by Crippen LogP contribution is 2.15. The molecule has 2 amide bonds. The minimum absolute atomic E-state index is 0.0480. The molecule has 3 rings (SSSR count). The van der Waals surface area contributed by atoms with E-state index in [0.29, 0.717) is 23.5 Å². The first-order valence-corrected chi connectivity index (χ1v) is 7.63. The van der Waals surface area contributed by atoms with Crippen LogP contribution in [0.3, 0.4) is 0 Å². The third-order valence-electron chi connectivity index (χ3n) is 3.77. The van der Waals surface area contributed by atoms with E-state index in [1.807, 2.05) is 43.5 Å². The molecule has 0 unspecified atom stereocenters. The monoisotopic (exact) mass is 322 g/mol. The number of nitrogens with zero attached hydrogens (tertiary/aromatic N) is 2. The first-order valence-electron chi connectivity index (χ1n) is 7.63. The van der Waals surface area contributed by atoms with Crippen LogP contribution in [0.25, 0.3) is 5.65 Å². The van der Waals surface area contributed by atoms with Gasteiger partial charge in [0.2, 0.25) is 5.91 Å². The molecule has 0 radical (unpaired) electrons. The van der Waals surface area contributed by atoms with Crippen LogP contribution in [0.4, 0.5) is 5.69 Å². The summed E-state index contributed by atoms with van der Waals surface area (Å²) in [5, 5.41) is 5.46. The van der Waals surface area contributed by atoms with Crippen molar-refractivity contribution in [3.8, 4) is 0 Å². The topological polar surface area (TPSA) is 75.5 Å². The zero-order valence-corrected chi connectivity index (χ0v) is 13.5. The molecular formula is C18H18N4O2. The summed E-state index contributed by atoms with van der Waals surface area (Å²) >= 11 is 0. The number of fused-ring (bicyclic) bond motifs is 1. The van der Waals surface area contributed by atoms with E-state index in [-0.39, 0.29) is 11.8 Å². The molecule has 0 aliphatic heterocycles. The molecule has 2 heterocycles. The molecule has 6 heteroatoms. The summed E-state index contributed by atoms with van der Waals surface area (Å²) in [6.45, 7) is 1.81. The number of carbonyl (C=O) groups excluding carboxylic acids is 2. The van der Waals surface area contributed by atoms with Gasteiger partial charge in [0.05, 0.1) is 12.1 Å². The molecule has 122 valence electrons. The van der Waals surface area contributed by atoms with Gasteiger partial charge in [0.25, 0.3) is 5.91 Å². The molecule has 2 N–H and O–H groups in total. The third-order valence-corrected chi connectivity index (χ3v) is 3.77. The Bertz CT molecular complexity index is 897. The first kappa shape index (κ1) is 15.7. The second kappa shape index (κ2) is 6.54. The van der Waals surface area contributed by atoms with E-state index in [4.69, 9.17) is 0 Å². The molecule has 0 saturated heterocycles. The lowest BCUT2D eigenvalue weighted by atomic mass is 10.1. The Hall–Kier alpha value is -3.15. The second-order valence-corrected chi connectivity index (χ2v) is 5.48. The Morgan fingerprint density at radius 1 is 1.12 bits per heavy atom. The average molecular weight is 322 g/mol. The minimum Gasteiger partial charge on any atom is -0.359 e. The highest BCUT2D eigenvalue weighted by atomic mass is 16.2. The van der Waals surface area contributed by atoms with Gasteiger partial charge in [-0.3, -0.25) is 14.0 Å². The number of aromatic nitrogens is 2. The number of anilines is 1. The summed E-state index contributed by atoms with van der Waals surface area (Å²) in [5.74, 6) is -0.265. The summed E-state index contributed by atoms with van der Waals surface area (Å²) in [6, 6.07) is 12.8. The number of nitrogens with one attached hydrogen (secondary N) is 2. The number of rotatable bonds is 4. The molecule has 0 aliphatic carbocycles. The highest BCUT2D eigenvalue weighted by Gasteiger charge is 2.16. The first-order chi connectivity index (χ1) is 11.6. The largest absolute Gasteiger partial charge is 0.359 e. The smallest absolute Gasteiger partial charge is 0.274 e. The van der Waals surface area contributed by atoms with Crippen LogP contribution in [-0.2, 0) is 11.2 Å². The van der Waals surface area contributed by atoms with Crippen LogP contribution in [0.2, 0.25) is 0 Å². The highest BCUT2D eigenvalue weighted by molar-refractivity contribution is 6.04. The molecule has 0 saturated carbocycles. The van der Waals surface area contributed by atoms with E-state index in [2.05, 4.69) is 15.6 Å². The van der Waals surface area contributed by atoms with Gasteiger partial charge >= 0.3 is 0 Å². The minimum atomic E-state index is -0.217. The van der Waals surface area contributed by atoms with Crippen LogP contribution >= 0.6 is 0 Å². The number of amides is 2. The van der Waals surface area contributed by atoms with Crippen molar-refractivity contribution in [1.82, 2.24) is 14.7 Å². The lowest BCUT2D eigenvalue weighted by Gasteiger charge is -2.07. The van der Waals surface area contributed by atoms with Crippen LogP contribution in [0, 0.1) is 6.92 Å². The zero-order valence-electron chi connectivity index (χ0n) is 13.5. The van der Waals surface area contributed by atoms with E-state index in [9.17, 15) is 9.59 Å². The van der Waals surface area contributed by atoms with Crippen molar-refractivity contribution < 1.29 is 9.59 Å². The number of aryl methyl sites for hydroxylation is 1. The number of benzene rings is 1. The molecule has 1 aromatic carbocycles. The predicted molar refractivity (Wildman–Crippen MR) is 92.1 cm³/mol. The van der Waals surface area contributed by atoms with Crippen molar-refractivity contribution in [2.75, 3.05) is 12.4 Å². The van der Waals surface area contributed by atoms with Crippen molar-refractivity contribution in [1.29, 1.82) is 0 Å². The summed E-state index contributed by atoms with van der Waals surface area (Å²) in [6.07, 6.45) is 2.13. The Kier molecular flexibility index (Phi) is 4.29. The van der Waals surface area contributed by atoms with Crippen molar-refractivity contribution in [3.63, 3.8) is 0 Å². The van der Waals surface area contributed by atoms with E-state index in [1.54, 1.807) is 23.6 Å². The zero-order chi connectivity index (χ0) is 17.1. The predicted octanol–water partition coefficient (Wildman–Crippen LogP) is 2.18. The fraction of sp³-hybridized carbons (Fsp3) is 0.167. The number of likely N-dealkylation sites (N-methyl/N-ethyl adjacent to an activating group) is 1. The molecule has 6 nitrogen and oxygen atoms in total. The van der Waals surface area contributed by atoms with Gasteiger partial charge in [-0.05, 0) is 36.8 Å². The van der Waals surface area contributed by atoms with Crippen molar-refractivity contribution in [2.24, 2.45) is 0 Å². The lowest BCUT2D eigenvalue weighted by Crippen LogP contribution is -2.20. The Morgan fingerprint density at radius 2 is 1.88 bits per heavy atom. The van der Waals surface area contributed by atoms with E-state index >= 15 is 0 Å².